The molecule has 0 unspecified atom stereocenters. The molecule has 0 spiro atoms. The molecular weight excluding hydrogens is 491 g/mol. The number of benzene rings is 1. The molecule has 1 saturated carbocycles. The van der Waals surface area contributed by atoms with Crippen LogP contribution in [-0.2, 0) is 0 Å². The van der Waals surface area contributed by atoms with E-state index >= 15 is 0 Å². The molecule has 2 aliphatic heterocycles. The lowest BCUT2D eigenvalue weighted by atomic mass is 9.98. The first kappa shape index (κ1) is 22.3. The fraction of sp³-hybridized carbons (Fsp3) is 0.375. The smallest absolute Gasteiger partial charge is 0.274 e. The van der Waals surface area contributed by atoms with Crippen molar-refractivity contribution in [1.29, 1.82) is 0 Å². The van der Waals surface area contributed by atoms with E-state index in [1.807, 2.05) is 4.90 Å². The van der Waals surface area contributed by atoms with Crippen LogP contribution in [0.3, 0.4) is 0 Å². The van der Waals surface area contributed by atoms with E-state index < -0.39 is 0 Å². The third kappa shape index (κ3) is 3.92. The molecule has 3 N–H and O–H groups in total. The normalized spacial score (nSPS) is 22.4. The highest BCUT2D eigenvalue weighted by molar-refractivity contribution is 7.19. The van der Waals surface area contributed by atoms with Crippen molar-refractivity contribution in [3.05, 3.63) is 46.0 Å². The molecule has 1 saturated heterocycles. The molecule has 3 aliphatic rings. The van der Waals surface area contributed by atoms with E-state index in [0.29, 0.717) is 52.5 Å². The number of carbonyl (C=O) groups excluding carboxylic acids is 2. The van der Waals surface area contributed by atoms with Crippen molar-refractivity contribution >= 4 is 39.6 Å². The summed E-state index contributed by atoms with van der Waals surface area (Å²) in [4.78, 5) is 34.0. The second-order valence-corrected chi connectivity index (χ2v) is 10.8. The number of hydrogen-bond donors (Lipinski definition) is 2. The Bertz CT molecular complexity index is 1310. The van der Waals surface area contributed by atoms with Crippen LogP contribution in [0.1, 0.15) is 39.4 Å². The van der Waals surface area contributed by atoms with Gasteiger partial charge in [0.15, 0.2) is 16.6 Å². The van der Waals surface area contributed by atoms with Gasteiger partial charge in [0.25, 0.3) is 11.8 Å². The number of aromatic nitrogens is 1. The molecule has 2 bridgehead atoms. The number of nitrogens with zero attached hydrogens (tertiary/aromatic N) is 2. The maximum atomic E-state index is 13.9. The first-order valence-electron chi connectivity index (χ1n) is 11.5. The number of anilines is 1. The fourth-order valence-electron chi connectivity index (χ4n) is 5.40. The molecule has 35 heavy (non-hydrogen) atoms. The quantitative estimate of drug-likeness (QED) is 0.537. The van der Waals surface area contributed by atoms with Gasteiger partial charge >= 0.3 is 0 Å². The Hall–Kier alpha value is -3.18. The third-order valence-electron chi connectivity index (χ3n) is 6.89. The maximum Gasteiger partial charge on any atom is 0.274 e. The number of hydrogen-bond acceptors (Lipinski definition) is 8. The van der Waals surface area contributed by atoms with E-state index in [-0.39, 0.29) is 40.5 Å². The van der Waals surface area contributed by atoms with E-state index in [0.717, 1.165) is 19.3 Å². The highest BCUT2D eigenvalue weighted by Crippen LogP contribution is 2.44. The van der Waals surface area contributed by atoms with Crippen molar-refractivity contribution in [3.63, 3.8) is 0 Å². The van der Waals surface area contributed by atoms with E-state index in [2.05, 4.69) is 10.3 Å². The van der Waals surface area contributed by atoms with Gasteiger partial charge in [0.2, 0.25) is 0 Å². The lowest BCUT2D eigenvalue weighted by Gasteiger charge is -2.35. The Morgan fingerprint density at radius 2 is 2.11 bits per heavy atom. The van der Waals surface area contributed by atoms with Gasteiger partial charge in [0.1, 0.15) is 29.6 Å². The largest absolute Gasteiger partial charge is 0.485 e. The number of rotatable bonds is 5. The van der Waals surface area contributed by atoms with Crippen molar-refractivity contribution in [2.24, 2.45) is 5.92 Å². The maximum absolute atomic E-state index is 13.9. The Balaban J connectivity index is 1.24. The van der Waals surface area contributed by atoms with E-state index in [4.69, 9.17) is 15.2 Å². The van der Waals surface area contributed by atoms with Gasteiger partial charge in [-0.2, -0.15) is 0 Å². The molecule has 6 rings (SSSR count). The van der Waals surface area contributed by atoms with Gasteiger partial charge in [-0.05, 0) is 42.9 Å². The highest BCUT2D eigenvalue weighted by Gasteiger charge is 2.49. The molecule has 182 valence electrons. The minimum absolute atomic E-state index is 0.0870. The monoisotopic (exact) mass is 514 g/mol. The number of likely N-dealkylation sites (tertiary alicyclic amines) is 1. The molecule has 1 aromatic carbocycles. The number of nitrogens with one attached hydrogen (secondary N) is 1. The van der Waals surface area contributed by atoms with Crippen LogP contribution in [0.4, 0.5) is 9.52 Å². The number of amides is 2. The molecule has 0 radical (unpaired) electrons. The summed E-state index contributed by atoms with van der Waals surface area (Å²) in [5.74, 6) is 0.518. The third-order valence-corrected chi connectivity index (χ3v) is 8.76. The lowest BCUT2D eigenvalue weighted by Crippen LogP contribution is -2.50. The van der Waals surface area contributed by atoms with Crippen molar-refractivity contribution in [3.8, 4) is 21.9 Å². The Morgan fingerprint density at radius 3 is 2.97 bits per heavy atom. The van der Waals surface area contributed by atoms with Crippen LogP contribution in [0.15, 0.2) is 29.6 Å². The summed E-state index contributed by atoms with van der Waals surface area (Å²) in [6, 6.07) is 6.02. The SMILES string of the molecule is Nc1nc(C(=O)N2[C@@H]3CC[C@@H](C3)[C@H]2CNC(=O)c2scc3c2OCCO3)c(-c2cccc(F)c2)s1. The van der Waals surface area contributed by atoms with Crippen LogP contribution < -0.4 is 20.5 Å². The van der Waals surface area contributed by atoms with Gasteiger partial charge < -0.3 is 25.4 Å². The van der Waals surface area contributed by atoms with Gasteiger partial charge in [-0.3, -0.25) is 9.59 Å². The minimum atomic E-state index is -0.390. The van der Waals surface area contributed by atoms with Gasteiger partial charge in [-0.15, -0.1) is 11.3 Å². The Labute approximate surface area is 208 Å². The summed E-state index contributed by atoms with van der Waals surface area (Å²) in [5.41, 5.74) is 6.78. The molecule has 1 aliphatic carbocycles. The van der Waals surface area contributed by atoms with Crippen molar-refractivity contribution < 1.29 is 23.5 Å². The second-order valence-electron chi connectivity index (χ2n) is 8.91. The van der Waals surface area contributed by atoms with Crippen molar-refractivity contribution in [2.75, 3.05) is 25.5 Å². The Kier molecular flexibility index (Phi) is 5.60. The summed E-state index contributed by atoms with van der Waals surface area (Å²) >= 11 is 2.46. The first-order chi connectivity index (χ1) is 17.0. The summed E-state index contributed by atoms with van der Waals surface area (Å²) in [7, 11) is 0. The molecule has 8 nitrogen and oxygen atoms in total. The number of nitrogen functional groups attached to an aromatic ring is 1. The number of thiazole rings is 1. The van der Waals surface area contributed by atoms with Crippen LogP contribution in [0.25, 0.3) is 10.4 Å². The molecule has 11 heteroatoms. The summed E-state index contributed by atoms with van der Waals surface area (Å²) in [6.07, 6.45) is 2.82. The van der Waals surface area contributed by atoms with Crippen LogP contribution in [-0.4, -0.2) is 53.5 Å². The number of nitrogens with two attached hydrogens (primary N) is 1. The predicted octanol–water partition coefficient (Wildman–Crippen LogP) is 3.79. The van der Waals surface area contributed by atoms with Crippen LogP contribution in [0.2, 0.25) is 0 Å². The summed E-state index contributed by atoms with van der Waals surface area (Å²) in [6.45, 7) is 1.20. The van der Waals surface area contributed by atoms with Gasteiger partial charge in [-0.1, -0.05) is 23.5 Å². The molecule has 3 aromatic rings. The molecule has 2 aromatic heterocycles. The number of carbonyl (C=O) groups is 2. The fourth-order valence-corrected chi connectivity index (χ4v) is 7.07. The molecule has 3 atom stereocenters. The number of fused-ring (bicyclic) bond motifs is 3. The van der Waals surface area contributed by atoms with Gasteiger partial charge in [-0.25, -0.2) is 9.37 Å². The summed E-state index contributed by atoms with van der Waals surface area (Å²) < 4.78 is 25.1. The Morgan fingerprint density at radius 1 is 1.26 bits per heavy atom. The van der Waals surface area contributed by atoms with E-state index in [9.17, 15) is 14.0 Å². The predicted molar refractivity (Wildman–Crippen MR) is 131 cm³/mol. The molecule has 4 heterocycles. The van der Waals surface area contributed by atoms with Crippen LogP contribution >= 0.6 is 22.7 Å². The number of ether oxygens (including phenoxy) is 2. The lowest BCUT2D eigenvalue weighted by molar-refractivity contribution is 0.0577. The number of thiophene rings is 1. The zero-order chi connectivity index (χ0) is 24.1. The first-order valence-corrected chi connectivity index (χ1v) is 13.2. The second kappa shape index (κ2) is 8.80. The molecular formula is C24H23FN4O4S2. The molecule has 2 fully saturated rings. The van der Waals surface area contributed by atoms with Crippen LogP contribution in [0.5, 0.6) is 11.5 Å². The highest BCUT2D eigenvalue weighted by atomic mass is 32.1. The number of piperidine rings is 1. The average molecular weight is 515 g/mol. The topological polar surface area (TPSA) is 107 Å². The van der Waals surface area contributed by atoms with Gasteiger partial charge in [0.05, 0.1) is 10.9 Å². The van der Waals surface area contributed by atoms with Crippen molar-refractivity contribution in [2.45, 2.75) is 31.3 Å². The van der Waals surface area contributed by atoms with Crippen LogP contribution in [0, 0.1) is 11.7 Å². The average Bonchev–Trinajstić information content (AvgIpc) is 3.64. The van der Waals surface area contributed by atoms with E-state index in [1.165, 1.54) is 34.8 Å². The number of halogens is 1. The zero-order valence-electron chi connectivity index (χ0n) is 18.7. The zero-order valence-corrected chi connectivity index (χ0v) is 20.3. The van der Waals surface area contributed by atoms with Gasteiger partial charge in [0, 0.05) is 18.0 Å². The van der Waals surface area contributed by atoms with E-state index in [1.54, 1.807) is 17.5 Å². The molecule has 2 amide bonds. The standard InChI is InChI=1S/C24H23FN4O4S2/c25-14-3-1-2-13(8-14)20-18(28-24(26)35-20)23(31)29-15-5-4-12(9-15)16(29)10-27-22(30)21-19-17(11-34-21)32-6-7-33-19/h1-3,8,11-12,15-16H,4-7,9-10H2,(H2,26,28)(H,27,30)/t12-,15+,16+/m0/s1. The van der Waals surface area contributed by atoms with Crippen molar-refractivity contribution in [1.82, 2.24) is 15.2 Å². The summed E-state index contributed by atoms with van der Waals surface area (Å²) in [5, 5.41) is 5.04. The minimum Gasteiger partial charge on any atom is -0.485 e.